The summed E-state index contributed by atoms with van der Waals surface area (Å²) < 4.78 is 11.1. The largest absolute Gasteiger partial charge is 0.486 e. The number of ether oxygens (including phenoxy) is 2. The molecule has 0 saturated carbocycles. The molecule has 2 N–H and O–H groups in total. The smallest absolute Gasteiger partial charge is 0.163 e. The summed E-state index contributed by atoms with van der Waals surface area (Å²) in [5.74, 6) is 2.59. The third-order valence-electron chi connectivity index (χ3n) is 3.48. The number of nitrogens with zero attached hydrogens (tertiary/aromatic N) is 1. The van der Waals surface area contributed by atoms with E-state index < -0.39 is 0 Å². The van der Waals surface area contributed by atoms with Gasteiger partial charge in [-0.15, -0.1) is 0 Å². The first-order valence-electron chi connectivity index (χ1n) is 6.78. The zero-order valence-electron chi connectivity index (χ0n) is 11.0. The molecule has 0 radical (unpaired) electrons. The van der Waals surface area contributed by atoms with Crippen LogP contribution in [0.3, 0.4) is 0 Å². The summed E-state index contributed by atoms with van der Waals surface area (Å²) in [5.41, 5.74) is 3.22. The minimum absolute atomic E-state index is 0.600. The molecule has 1 aromatic carbocycles. The summed E-state index contributed by atoms with van der Waals surface area (Å²) in [7, 11) is 0. The van der Waals surface area contributed by atoms with Crippen LogP contribution in [0.2, 0.25) is 0 Å². The average Bonchev–Trinajstić information content (AvgIpc) is 2.95. The van der Waals surface area contributed by atoms with Gasteiger partial charge in [-0.1, -0.05) is 0 Å². The van der Waals surface area contributed by atoms with E-state index in [1.165, 1.54) is 5.56 Å². The highest BCUT2D eigenvalue weighted by atomic mass is 16.6. The Morgan fingerprint density at radius 2 is 1.95 bits per heavy atom. The van der Waals surface area contributed by atoms with Crippen LogP contribution in [0.4, 0.5) is 17.2 Å². The molecule has 0 fully saturated rings. The lowest BCUT2D eigenvalue weighted by Crippen LogP contribution is -2.15. The summed E-state index contributed by atoms with van der Waals surface area (Å²) in [6.07, 6.45) is 2.87. The van der Waals surface area contributed by atoms with Crippen molar-refractivity contribution < 1.29 is 9.47 Å². The van der Waals surface area contributed by atoms with Crippen LogP contribution in [0.1, 0.15) is 5.56 Å². The molecule has 0 unspecified atom stereocenters. The zero-order chi connectivity index (χ0) is 13.4. The van der Waals surface area contributed by atoms with Gasteiger partial charge in [-0.3, -0.25) is 0 Å². The Labute approximate surface area is 116 Å². The second-order valence-electron chi connectivity index (χ2n) is 4.89. The first-order chi connectivity index (χ1) is 9.88. The SMILES string of the molecule is c1cc2c(cc1Nc1cnc3c(c1)CCN3)OCCO2. The quantitative estimate of drug-likeness (QED) is 0.877. The van der Waals surface area contributed by atoms with Crippen LogP contribution in [-0.4, -0.2) is 24.7 Å². The molecule has 1 aromatic heterocycles. The van der Waals surface area contributed by atoms with Crippen molar-refractivity contribution in [2.24, 2.45) is 0 Å². The van der Waals surface area contributed by atoms with Gasteiger partial charge in [0, 0.05) is 18.3 Å². The number of pyridine rings is 1. The number of hydrogen-bond donors (Lipinski definition) is 2. The summed E-state index contributed by atoms with van der Waals surface area (Å²) in [4.78, 5) is 4.41. The Bertz CT molecular complexity index is 658. The van der Waals surface area contributed by atoms with E-state index in [2.05, 4.69) is 21.7 Å². The maximum Gasteiger partial charge on any atom is 0.163 e. The highest BCUT2D eigenvalue weighted by molar-refractivity contribution is 5.66. The number of anilines is 3. The van der Waals surface area contributed by atoms with E-state index in [1.807, 2.05) is 24.4 Å². The molecule has 2 aromatic rings. The van der Waals surface area contributed by atoms with Gasteiger partial charge in [-0.2, -0.15) is 0 Å². The van der Waals surface area contributed by atoms with Gasteiger partial charge in [0.1, 0.15) is 19.0 Å². The number of nitrogens with one attached hydrogen (secondary N) is 2. The van der Waals surface area contributed by atoms with Crippen LogP contribution in [0.5, 0.6) is 11.5 Å². The lowest BCUT2D eigenvalue weighted by Gasteiger charge is -2.19. The Hall–Kier alpha value is -2.43. The topological polar surface area (TPSA) is 55.4 Å². The molecule has 102 valence electrons. The van der Waals surface area contributed by atoms with Crippen molar-refractivity contribution in [3.63, 3.8) is 0 Å². The van der Waals surface area contributed by atoms with Crippen LogP contribution in [0.25, 0.3) is 0 Å². The fourth-order valence-corrected chi connectivity index (χ4v) is 2.53. The number of fused-ring (bicyclic) bond motifs is 2. The first kappa shape index (κ1) is 11.4. The molecule has 2 aliphatic rings. The molecule has 0 bridgehead atoms. The molecule has 3 heterocycles. The maximum atomic E-state index is 5.59. The number of aromatic nitrogens is 1. The molecular weight excluding hydrogens is 254 g/mol. The minimum atomic E-state index is 0.600. The Kier molecular flexibility index (Phi) is 2.62. The fraction of sp³-hybridized carbons (Fsp3) is 0.267. The second kappa shape index (κ2) is 4.59. The van der Waals surface area contributed by atoms with Crippen molar-refractivity contribution in [3.8, 4) is 11.5 Å². The zero-order valence-corrected chi connectivity index (χ0v) is 11.0. The highest BCUT2D eigenvalue weighted by Crippen LogP contribution is 2.34. The van der Waals surface area contributed by atoms with E-state index in [9.17, 15) is 0 Å². The highest BCUT2D eigenvalue weighted by Gasteiger charge is 2.13. The molecule has 5 heteroatoms. The lowest BCUT2D eigenvalue weighted by atomic mass is 10.2. The first-order valence-corrected chi connectivity index (χ1v) is 6.78. The van der Waals surface area contributed by atoms with Gasteiger partial charge in [-0.25, -0.2) is 4.98 Å². The van der Waals surface area contributed by atoms with E-state index >= 15 is 0 Å². The number of rotatable bonds is 2. The van der Waals surface area contributed by atoms with Gasteiger partial charge in [-0.05, 0) is 30.2 Å². The predicted molar refractivity (Wildman–Crippen MR) is 77.1 cm³/mol. The summed E-state index contributed by atoms with van der Waals surface area (Å²) >= 11 is 0. The molecule has 2 aliphatic heterocycles. The van der Waals surface area contributed by atoms with E-state index in [1.54, 1.807) is 0 Å². The minimum Gasteiger partial charge on any atom is -0.486 e. The summed E-state index contributed by atoms with van der Waals surface area (Å²) in [6.45, 7) is 2.18. The molecule has 20 heavy (non-hydrogen) atoms. The van der Waals surface area contributed by atoms with E-state index in [4.69, 9.17) is 9.47 Å². The maximum absolute atomic E-state index is 5.59. The predicted octanol–water partition coefficient (Wildman–Crippen LogP) is 2.56. The standard InChI is InChI=1S/C15H15N3O2/c1-2-13-14(20-6-5-19-13)8-11(1)18-12-7-10-3-4-16-15(10)17-9-12/h1-2,7-9,18H,3-6H2,(H,16,17). The third kappa shape index (κ3) is 2.01. The van der Waals surface area contributed by atoms with E-state index in [0.717, 1.165) is 41.7 Å². The van der Waals surface area contributed by atoms with Gasteiger partial charge >= 0.3 is 0 Å². The van der Waals surface area contributed by atoms with Crippen LogP contribution in [-0.2, 0) is 6.42 Å². The summed E-state index contributed by atoms with van der Waals surface area (Å²) in [6, 6.07) is 8.01. The Morgan fingerprint density at radius 1 is 1.05 bits per heavy atom. The molecular formula is C15H15N3O2. The van der Waals surface area contributed by atoms with Crippen LogP contribution in [0.15, 0.2) is 30.5 Å². The van der Waals surface area contributed by atoms with Gasteiger partial charge in [0.15, 0.2) is 11.5 Å². The van der Waals surface area contributed by atoms with E-state index in [0.29, 0.717) is 13.2 Å². The second-order valence-corrected chi connectivity index (χ2v) is 4.89. The molecule has 0 aliphatic carbocycles. The van der Waals surface area contributed by atoms with Crippen molar-refractivity contribution in [2.45, 2.75) is 6.42 Å². The third-order valence-corrected chi connectivity index (χ3v) is 3.48. The van der Waals surface area contributed by atoms with Crippen molar-refractivity contribution in [1.82, 2.24) is 4.98 Å². The Balaban J connectivity index is 1.59. The molecule has 0 saturated heterocycles. The van der Waals surface area contributed by atoms with Gasteiger partial charge in [0.25, 0.3) is 0 Å². The van der Waals surface area contributed by atoms with Crippen LogP contribution >= 0.6 is 0 Å². The number of hydrogen-bond acceptors (Lipinski definition) is 5. The van der Waals surface area contributed by atoms with Crippen LogP contribution in [0, 0.1) is 0 Å². The van der Waals surface area contributed by atoms with Gasteiger partial charge in [0.2, 0.25) is 0 Å². The molecule has 0 atom stereocenters. The normalized spacial score (nSPS) is 15.4. The van der Waals surface area contributed by atoms with Gasteiger partial charge in [0.05, 0.1) is 11.9 Å². The molecule has 0 spiro atoms. The average molecular weight is 269 g/mol. The molecule has 0 amide bonds. The molecule has 4 rings (SSSR count). The van der Waals surface area contributed by atoms with Gasteiger partial charge < -0.3 is 20.1 Å². The fourth-order valence-electron chi connectivity index (χ4n) is 2.53. The van der Waals surface area contributed by atoms with Crippen LogP contribution < -0.4 is 20.1 Å². The molecule has 5 nitrogen and oxygen atoms in total. The van der Waals surface area contributed by atoms with Crippen molar-refractivity contribution in [1.29, 1.82) is 0 Å². The summed E-state index contributed by atoms with van der Waals surface area (Å²) in [5, 5.41) is 6.61. The Morgan fingerprint density at radius 3 is 2.90 bits per heavy atom. The van der Waals surface area contributed by atoms with Crippen molar-refractivity contribution in [2.75, 3.05) is 30.4 Å². The van der Waals surface area contributed by atoms with Crippen molar-refractivity contribution in [3.05, 3.63) is 36.0 Å². The van der Waals surface area contributed by atoms with Crippen molar-refractivity contribution >= 4 is 17.2 Å². The monoisotopic (exact) mass is 269 g/mol. The number of benzene rings is 1. The lowest BCUT2D eigenvalue weighted by molar-refractivity contribution is 0.171. The van der Waals surface area contributed by atoms with E-state index in [-0.39, 0.29) is 0 Å².